The van der Waals surface area contributed by atoms with Gasteiger partial charge in [0.05, 0.1) is 13.7 Å². The second-order valence-electron chi connectivity index (χ2n) is 2.46. The van der Waals surface area contributed by atoms with Crippen LogP contribution in [0, 0.1) is 0 Å². The molecule has 1 aromatic heterocycles. The van der Waals surface area contributed by atoms with Gasteiger partial charge in [-0.05, 0) is 12.1 Å². The molecule has 72 valence electrons. The smallest absolute Gasteiger partial charge is 0.312 e. The summed E-state index contributed by atoms with van der Waals surface area (Å²) in [5, 5.41) is 1.08. The van der Waals surface area contributed by atoms with Crippen LogP contribution in [-0.2, 0) is 11.4 Å². The third-order valence-corrected chi connectivity index (χ3v) is 1.63. The molecule has 1 heterocycles. The molecule has 0 atom stereocenters. The molecular weight excluding hydrogens is 172 g/mol. The van der Waals surface area contributed by atoms with E-state index in [1.165, 1.54) is 14.2 Å². The SMILES string of the molecule is CON(C)C(=O)c1ccc(CN)o1. The fourth-order valence-corrected chi connectivity index (χ4v) is 0.841. The highest BCUT2D eigenvalue weighted by atomic mass is 16.7. The molecule has 0 bridgehead atoms. The van der Waals surface area contributed by atoms with Crippen LogP contribution in [0.25, 0.3) is 0 Å². The Morgan fingerprint density at radius 2 is 2.38 bits per heavy atom. The van der Waals surface area contributed by atoms with Gasteiger partial charge in [-0.25, -0.2) is 5.06 Å². The van der Waals surface area contributed by atoms with E-state index in [9.17, 15) is 4.79 Å². The van der Waals surface area contributed by atoms with Crippen molar-refractivity contribution in [1.82, 2.24) is 5.06 Å². The molecule has 0 aliphatic carbocycles. The van der Waals surface area contributed by atoms with Gasteiger partial charge in [0, 0.05) is 7.05 Å². The molecule has 0 spiro atoms. The highest BCUT2D eigenvalue weighted by Gasteiger charge is 2.14. The van der Waals surface area contributed by atoms with Gasteiger partial charge in [0.15, 0.2) is 5.76 Å². The lowest BCUT2D eigenvalue weighted by Gasteiger charge is -2.10. The van der Waals surface area contributed by atoms with Gasteiger partial charge in [-0.3, -0.25) is 9.63 Å². The van der Waals surface area contributed by atoms with Crippen molar-refractivity contribution in [2.75, 3.05) is 14.2 Å². The van der Waals surface area contributed by atoms with Gasteiger partial charge in [-0.1, -0.05) is 0 Å². The summed E-state index contributed by atoms with van der Waals surface area (Å²) in [6.45, 7) is 0.282. The number of amides is 1. The summed E-state index contributed by atoms with van der Waals surface area (Å²) in [7, 11) is 2.91. The van der Waals surface area contributed by atoms with Crippen LogP contribution in [0.5, 0.6) is 0 Å². The summed E-state index contributed by atoms with van der Waals surface area (Å²) in [6.07, 6.45) is 0. The number of furan rings is 1. The molecule has 0 saturated heterocycles. The summed E-state index contributed by atoms with van der Waals surface area (Å²) < 4.78 is 5.12. The first-order valence-corrected chi connectivity index (χ1v) is 3.80. The van der Waals surface area contributed by atoms with Gasteiger partial charge in [-0.2, -0.15) is 0 Å². The minimum Gasteiger partial charge on any atom is -0.454 e. The van der Waals surface area contributed by atoms with Crippen LogP contribution in [0.15, 0.2) is 16.5 Å². The van der Waals surface area contributed by atoms with E-state index in [0.717, 1.165) is 5.06 Å². The zero-order valence-electron chi connectivity index (χ0n) is 7.61. The molecule has 0 aromatic carbocycles. The fourth-order valence-electron chi connectivity index (χ4n) is 0.841. The Hall–Kier alpha value is -1.33. The second-order valence-corrected chi connectivity index (χ2v) is 2.46. The number of hydrogen-bond acceptors (Lipinski definition) is 4. The first kappa shape index (κ1) is 9.76. The predicted octanol–water partition coefficient (Wildman–Crippen LogP) is 0.372. The molecule has 1 rings (SSSR count). The number of carbonyl (C=O) groups is 1. The summed E-state index contributed by atoms with van der Waals surface area (Å²) in [4.78, 5) is 16.1. The molecule has 0 aliphatic heterocycles. The van der Waals surface area contributed by atoms with E-state index in [1.54, 1.807) is 12.1 Å². The van der Waals surface area contributed by atoms with Gasteiger partial charge in [0.2, 0.25) is 0 Å². The lowest BCUT2D eigenvalue weighted by molar-refractivity contribution is -0.0774. The molecule has 1 aromatic rings. The molecule has 0 unspecified atom stereocenters. The number of hydroxylamine groups is 2. The van der Waals surface area contributed by atoms with Crippen LogP contribution in [0.3, 0.4) is 0 Å². The molecular formula is C8H12N2O3. The second kappa shape index (κ2) is 4.06. The van der Waals surface area contributed by atoms with Crippen LogP contribution < -0.4 is 5.73 Å². The van der Waals surface area contributed by atoms with E-state index in [4.69, 9.17) is 15.0 Å². The van der Waals surface area contributed by atoms with Crippen molar-refractivity contribution in [3.8, 4) is 0 Å². The van der Waals surface area contributed by atoms with Crippen molar-refractivity contribution >= 4 is 5.91 Å². The van der Waals surface area contributed by atoms with Crippen molar-refractivity contribution in [3.63, 3.8) is 0 Å². The van der Waals surface area contributed by atoms with Gasteiger partial charge >= 0.3 is 5.91 Å². The zero-order chi connectivity index (χ0) is 9.84. The molecule has 5 heteroatoms. The van der Waals surface area contributed by atoms with Crippen LogP contribution in [0.2, 0.25) is 0 Å². The third-order valence-electron chi connectivity index (χ3n) is 1.63. The maximum absolute atomic E-state index is 11.4. The number of nitrogens with zero attached hydrogens (tertiary/aromatic N) is 1. The highest BCUT2D eigenvalue weighted by Crippen LogP contribution is 2.09. The molecule has 5 nitrogen and oxygen atoms in total. The Labute approximate surface area is 76.0 Å². The molecule has 0 fully saturated rings. The van der Waals surface area contributed by atoms with Gasteiger partial charge in [0.1, 0.15) is 5.76 Å². The normalized spacial score (nSPS) is 10.1. The summed E-state index contributed by atoms with van der Waals surface area (Å²) in [5.74, 6) is 0.472. The Kier molecular flexibility index (Phi) is 3.05. The summed E-state index contributed by atoms with van der Waals surface area (Å²) in [5.41, 5.74) is 5.32. The minimum atomic E-state index is -0.331. The van der Waals surface area contributed by atoms with Crippen LogP contribution >= 0.6 is 0 Å². The number of nitrogens with two attached hydrogens (primary N) is 1. The Bertz CT molecular complexity index is 295. The van der Waals surface area contributed by atoms with E-state index in [2.05, 4.69) is 0 Å². The molecule has 0 radical (unpaired) electrons. The van der Waals surface area contributed by atoms with Gasteiger partial charge < -0.3 is 10.2 Å². The Morgan fingerprint density at radius 3 is 2.85 bits per heavy atom. The Morgan fingerprint density at radius 1 is 1.69 bits per heavy atom. The molecule has 2 N–H and O–H groups in total. The molecule has 0 saturated carbocycles. The first-order valence-electron chi connectivity index (χ1n) is 3.80. The van der Waals surface area contributed by atoms with E-state index >= 15 is 0 Å². The standard InChI is InChI=1S/C8H12N2O3/c1-10(12-2)8(11)7-4-3-6(5-9)13-7/h3-4H,5,9H2,1-2H3. The predicted molar refractivity (Wildman–Crippen MR) is 45.7 cm³/mol. The minimum absolute atomic E-state index is 0.227. The van der Waals surface area contributed by atoms with E-state index in [0.29, 0.717) is 5.76 Å². The van der Waals surface area contributed by atoms with Crippen molar-refractivity contribution in [1.29, 1.82) is 0 Å². The van der Waals surface area contributed by atoms with Crippen molar-refractivity contribution < 1.29 is 14.0 Å². The fraction of sp³-hybridized carbons (Fsp3) is 0.375. The monoisotopic (exact) mass is 184 g/mol. The molecule has 1 amide bonds. The number of hydrogen-bond donors (Lipinski definition) is 1. The quantitative estimate of drug-likeness (QED) is 0.689. The van der Waals surface area contributed by atoms with Crippen LogP contribution in [-0.4, -0.2) is 25.1 Å². The maximum Gasteiger partial charge on any atom is 0.312 e. The molecule has 0 aliphatic rings. The van der Waals surface area contributed by atoms with Crippen molar-refractivity contribution in [2.24, 2.45) is 5.73 Å². The average molecular weight is 184 g/mol. The maximum atomic E-state index is 11.4. The highest BCUT2D eigenvalue weighted by molar-refractivity contribution is 5.90. The van der Waals surface area contributed by atoms with Crippen LogP contribution in [0.1, 0.15) is 16.3 Å². The zero-order valence-corrected chi connectivity index (χ0v) is 7.61. The summed E-state index contributed by atoms with van der Waals surface area (Å²) >= 11 is 0. The van der Waals surface area contributed by atoms with Gasteiger partial charge in [0.25, 0.3) is 0 Å². The topological polar surface area (TPSA) is 68.7 Å². The van der Waals surface area contributed by atoms with Crippen LogP contribution in [0.4, 0.5) is 0 Å². The number of rotatable bonds is 3. The largest absolute Gasteiger partial charge is 0.454 e. The molecule has 13 heavy (non-hydrogen) atoms. The third kappa shape index (κ3) is 2.07. The lowest BCUT2D eigenvalue weighted by atomic mass is 10.4. The average Bonchev–Trinajstić information content (AvgIpc) is 2.63. The Balaban J connectivity index is 2.77. The van der Waals surface area contributed by atoms with Gasteiger partial charge in [-0.15, -0.1) is 0 Å². The van der Waals surface area contributed by atoms with E-state index < -0.39 is 0 Å². The van der Waals surface area contributed by atoms with E-state index in [-0.39, 0.29) is 18.2 Å². The lowest BCUT2D eigenvalue weighted by Crippen LogP contribution is -2.24. The van der Waals surface area contributed by atoms with Crippen molar-refractivity contribution in [3.05, 3.63) is 23.7 Å². The van der Waals surface area contributed by atoms with E-state index in [1.807, 2.05) is 0 Å². The van der Waals surface area contributed by atoms with Crippen molar-refractivity contribution in [2.45, 2.75) is 6.54 Å². The number of carbonyl (C=O) groups excluding carboxylic acids is 1. The summed E-state index contributed by atoms with van der Waals surface area (Å²) in [6, 6.07) is 3.23. The first-order chi connectivity index (χ1) is 6.19.